The molecule has 2 N–H and O–H groups in total. The van der Waals surface area contributed by atoms with Crippen LogP contribution in [0.5, 0.6) is 11.8 Å². The summed E-state index contributed by atoms with van der Waals surface area (Å²) in [6, 6.07) is 11.9. The van der Waals surface area contributed by atoms with Gasteiger partial charge in [-0.15, -0.1) is 0 Å². The van der Waals surface area contributed by atoms with E-state index in [2.05, 4.69) is 29.5 Å². The van der Waals surface area contributed by atoms with Crippen LogP contribution in [-0.2, 0) is 13.0 Å². The van der Waals surface area contributed by atoms with Crippen LogP contribution in [0, 0.1) is 6.92 Å². The number of benzene rings is 1. The number of rotatable bonds is 3. The van der Waals surface area contributed by atoms with Crippen LogP contribution in [0.2, 0.25) is 5.15 Å². The second-order valence-electron chi connectivity index (χ2n) is 8.21. The molecule has 0 spiro atoms. The van der Waals surface area contributed by atoms with Crippen molar-refractivity contribution in [3.63, 3.8) is 0 Å². The topological polar surface area (TPSA) is 105 Å². The van der Waals surface area contributed by atoms with Crippen LogP contribution in [0.15, 0.2) is 55.1 Å². The molecule has 0 saturated heterocycles. The molecular formula is C25H20ClN7O. The Hall–Kier alpha value is -4.04. The predicted octanol–water partition coefficient (Wildman–Crippen LogP) is 5.23. The third-order valence-corrected chi connectivity index (χ3v) is 6.24. The van der Waals surface area contributed by atoms with Crippen molar-refractivity contribution >= 4 is 28.5 Å². The van der Waals surface area contributed by atoms with Gasteiger partial charge < -0.3 is 15.0 Å². The first-order valence-electron chi connectivity index (χ1n) is 10.9. The first-order chi connectivity index (χ1) is 16.6. The zero-order chi connectivity index (χ0) is 23.2. The van der Waals surface area contributed by atoms with Crippen molar-refractivity contribution in [1.82, 2.24) is 29.5 Å². The molecule has 0 atom stereocenters. The lowest BCUT2D eigenvalue weighted by Gasteiger charge is -2.12. The number of nitrogens with two attached hydrogens (primary N) is 1. The molecule has 0 unspecified atom stereocenters. The molecule has 5 heterocycles. The van der Waals surface area contributed by atoms with Gasteiger partial charge in [0, 0.05) is 35.8 Å². The number of aryl methyl sites for hydroxylation is 3. The van der Waals surface area contributed by atoms with E-state index in [1.165, 1.54) is 6.33 Å². The minimum absolute atomic E-state index is 0.311. The fraction of sp³-hybridized carbons (Fsp3) is 0.160. The Labute approximate surface area is 200 Å². The monoisotopic (exact) mass is 469 g/mol. The number of anilines is 1. The highest BCUT2D eigenvalue weighted by molar-refractivity contribution is 6.29. The van der Waals surface area contributed by atoms with E-state index in [-0.39, 0.29) is 0 Å². The zero-order valence-electron chi connectivity index (χ0n) is 18.4. The molecule has 6 rings (SSSR count). The number of aromatic nitrogens is 6. The van der Waals surface area contributed by atoms with E-state index in [0.717, 1.165) is 64.1 Å². The van der Waals surface area contributed by atoms with Crippen LogP contribution in [-0.4, -0.2) is 29.5 Å². The number of nitrogens with zero attached hydrogens (tertiary/aromatic N) is 6. The number of fused-ring (bicyclic) bond motifs is 5. The van der Waals surface area contributed by atoms with Crippen LogP contribution in [0.25, 0.3) is 33.4 Å². The highest BCUT2D eigenvalue weighted by atomic mass is 35.5. The Kier molecular flexibility index (Phi) is 4.88. The second kappa shape index (κ2) is 8.07. The molecule has 4 aromatic heterocycles. The molecule has 0 saturated carbocycles. The molecule has 0 amide bonds. The fourth-order valence-electron chi connectivity index (χ4n) is 4.56. The molecule has 0 bridgehead atoms. The lowest BCUT2D eigenvalue weighted by Crippen LogP contribution is -2.00. The van der Waals surface area contributed by atoms with E-state index in [9.17, 15) is 0 Å². The van der Waals surface area contributed by atoms with Crippen molar-refractivity contribution in [2.75, 3.05) is 5.73 Å². The first-order valence-corrected chi connectivity index (χ1v) is 11.3. The normalized spacial score (nSPS) is 12.8. The van der Waals surface area contributed by atoms with Gasteiger partial charge in [0.25, 0.3) is 0 Å². The average Bonchev–Trinajstić information content (AvgIpc) is 3.04. The fourth-order valence-corrected chi connectivity index (χ4v) is 4.74. The van der Waals surface area contributed by atoms with E-state index in [1.54, 1.807) is 6.20 Å². The minimum atomic E-state index is 0.311. The number of hydrogen-bond donors (Lipinski definition) is 1. The van der Waals surface area contributed by atoms with Crippen LogP contribution in [0.4, 0.5) is 5.82 Å². The van der Waals surface area contributed by atoms with E-state index in [4.69, 9.17) is 22.1 Å². The van der Waals surface area contributed by atoms with Crippen molar-refractivity contribution in [2.45, 2.75) is 26.3 Å². The average molecular weight is 470 g/mol. The van der Waals surface area contributed by atoms with Crippen LogP contribution in [0.3, 0.4) is 0 Å². The number of hydrogen-bond acceptors (Lipinski definition) is 7. The van der Waals surface area contributed by atoms with E-state index >= 15 is 0 Å². The van der Waals surface area contributed by atoms with Crippen LogP contribution >= 0.6 is 11.6 Å². The highest BCUT2D eigenvalue weighted by Gasteiger charge is 2.26. The van der Waals surface area contributed by atoms with Gasteiger partial charge >= 0.3 is 6.01 Å². The first kappa shape index (κ1) is 20.6. The summed E-state index contributed by atoms with van der Waals surface area (Å²) in [4.78, 5) is 21.7. The van der Waals surface area contributed by atoms with E-state index in [0.29, 0.717) is 22.7 Å². The second-order valence-corrected chi connectivity index (χ2v) is 8.59. The van der Waals surface area contributed by atoms with E-state index < -0.39 is 0 Å². The number of nitrogen functional groups attached to an aromatic ring is 1. The van der Waals surface area contributed by atoms with E-state index in [1.807, 2.05) is 49.5 Å². The Bertz CT molecular complexity index is 1550. The van der Waals surface area contributed by atoms with Crippen molar-refractivity contribution < 1.29 is 4.74 Å². The Morgan fingerprint density at radius 2 is 1.91 bits per heavy atom. The quantitative estimate of drug-likeness (QED) is 0.360. The molecule has 0 fully saturated rings. The van der Waals surface area contributed by atoms with Gasteiger partial charge in [0.05, 0.1) is 11.1 Å². The van der Waals surface area contributed by atoms with Gasteiger partial charge in [-0.1, -0.05) is 23.7 Å². The summed E-state index contributed by atoms with van der Waals surface area (Å²) >= 11 is 6.23. The Morgan fingerprint density at radius 1 is 1.06 bits per heavy atom. The zero-order valence-corrected chi connectivity index (χ0v) is 19.1. The summed E-state index contributed by atoms with van der Waals surface area (Å²) in [5.41, 5.74) is 13.2. The summed E-state index contributed by atoms with van der Waals surface area (Å²) in [7, 11) is 0. The summed E-state index contributed by atoms with van der Waals surface area (Å²) in [6.45, 7) is 2.70. The standard InChI is InChI=1S/C25H20ClN7O/c1-14-8-9-28-25(32-14)34-17-6-4-15(5-7-17)20-21-23(27)30-13-31-24(21)33-10-2-3-16-11-19(26)29-12-18(16)22(20)33/h4-9,11-13H,2-3,10H2,1H3,(H2,27,30,31). The molecule has 9 heteroatoms. The highest BCUT2D eigenvalue weighted by Crippen LogP contribution is 2.45. The molecule has 1 aromatic carbocycles. The third kappa shape index (κ3) is 3.43. The third-order valence-electron chi connectivity index (χ3n) is 6.03. The van der Waals surface area contributed by atoms with Gasteiger partial charge in [0.15, 0.2) is 0 Å². The largest absolute Gasteiger partial charge is 0.424 e. The molecule has 5 aromatic rings. The van der Waals surface area contributed by atoms with Crippen molar-refractivity contribution in [3.8, 4) is 34.1 Å². The summed E-state index contributed by atoms with van der Waals surface area (Å²) in [5.74, 6) is 1.08. The van der Waals surface area contributed by atoms with Gasteiger partial charge in [0.2, 0.25) is 0 Å². The Morgan fingerprint density at radius 3 is 2.74 bits per heavy atom. The minimum Gasteiger partial charge on any atom is -0.424 e. The smallest absolute Gasteiger partial charge is 0.322 e. The number of pyridine rings is 1. The van der Waals surface area contributed by atoms with Gasteiger partial charge in [-0.2, -0.15) is 0 Å². The maximum atomic E-state index is 6.39. The molecule has 34 heavy (non-hydrogen) atoms. The van der Waals surface area contributed by atoms with Gasteiger partial charge in [-0.25, -0.2) is 24.9 Å². The summed E-state index contributed by atoms with van der Waals surface area (Å²) in [6.07, 6.45) is 6.89. The molecule has 168 valence electrons. The molecule has 1 aliphatic heterocycles. The maximum Gasteiger partial charge on any atom is 0.322 e. The lowest BCUT2D eigenvalue weighted by atomic mass is 9.96. The molecule has 1 aliphatic rings. The lowest BCUT2D eigenvalue weighted by molar-refractivity contribution is 0.440. The van der Waals surface area contributed by atoms with Crippen LogP contribution in [0.1, 0.15) is 17.7 Å². The number of ether oxygens (including phenoxy) is 1. The molecular weight excluding hydrogens is 450 g/mol. The van der Waals surface area contributed by atoms with Crippen molar-refractivity contribution in [2.24, 2.45) is 0 Å². The molecule has 0 aliphatic carbocycles. The summed E-state index contributed by atoms with van der Waals surface area (Å²) in [5, 5.41) is 1.32. The summed E-state index contributed by atoms with van der Waals surface area (Å²) < 4.78 is 8.06. The molecule has 0 radical (unpaired) electrons. The predicted molar refractivity (Wildman–Crippen MR) is 131 cm³/mol. The number of halogens is 1. The van der Waals surface area contributed by atoms with Crippen molar-refractivity contribution in [1.29, 1.82) is 0 Å². The molecule has 8 nitrogen and oxygen atoms in total. The van der Waals surface area contributed by atoms with Crippen molar-refractivity contribution in [3.05, 3.63) is 71.5 Å². The maximum absolute atomic E-state index is 6.39. The van der Waals surface area contributed by atoms with Crippen LogP contribution < -0.4 is 10.5 Å². The van der Waals surface area contributed by atoms with Gasteiger partial charge in [-0.3, -0.25) is 0 Å². The Balaban J connectivity index is 1.53. The van der Waals surface area contributed by atoms with Gasteiger partial charge in [-0.05, 0) is 55.2 Å². The van der Waals surface area contributed by atoms with Gasteiger partial charge in [0.1, 0.15) is 28.7 Å². The SMILES string of the molecule is Cc1ccnc(Oc2ccc(-c3c4n(c5ncnc(N)c35)CCCc3cc(Cl)ncc3-4)cc2)n1.